The van der Waals surface area contributed by atoms with E-state index in [0.717, 1.165) is 38.1 Å². The number of amides is 1. The smallest absolute Gasteiger partial charge is 0.256 e. The van der Waals surface area contributed by atoms with Crippen LogP contribution in [0.5, 0.6) is 5.75 Å². The average molecular weight is 326 g/mol. The van der Waals surface area contributed by atoms with Crippen molar-refractivity contribution < 1.29 is 9.53 Å². The van der Waals surface area contributed by atoms with Crippen LogP contribution in [0.15, 0.2) is 36.7 Å². The van der Waals surface area contributed by atoms with Crippen molar-refractivity contribution in [1.82, 2.24) is 14.9 Å². The molecule has 0 bridgehead atoms. The number of rotatable bonds is 6. The van der Waals surface area contributed by atoms with Crippen molar-refractivity contribution in [2.45, 2.75) is 19.3 Å². The Labute approximate surface area is 141 Å². The number of likely N-dealkylation sites (tertiary alicyclic amines) is 1. The summed E-state index contributed by atoms with van der Waals surface area (Å²) >= 11 is 0. The van der Waals surface area contributed by atoms with E-state index in [0.29, 0.717) is 18.1 Å². The highest BCUT2D eigenvalue weighted by molar-refractivity contribution is 5.93. The summed E-state index contributed by atoms with van der Waals surface area (Å²) in [6.07, 6.45) is 6.20. The summed E-state index contributed by atoms with van der Waals surface area (Å²) in [5.41, 5.74) is 1.73. The summed E-state index contributed by atoms with van der Waals surface area (Å²) in [5.74, 6) is 1.42. The van der Waals surface area contributed by atoms with Gasteiger partial charge in [0, 0.05) is 32.0 Å². The number of benzene rings is 1. The van der Waals surface area contributed by atoms with E-state index in [1.165, 1.54) is 5.56 Å². The lowest BCUT2D eigenvalue weighted by molar-refractivity contribution is 0.0792. The molecule has 0 unspecified atom stereocenters. The van der Waals surface area contributed by atoms with Crippen molar-refractivity contribution in [3.63, 3.8) is 0 Å². The van der Waals surface area contributed by atoms with Gasteiger partial charge in [-0.2, -0.15) is 0 Å². The molecule has 1 aromatic heterocycles. The molecule has 1 aliphatic rings. The molecule has 1 N–H and O–H groups in total. The fourth-order valence-corrected chi connectivity index (χ4v) is 2.78. The maximum absolute atomic E-state index is 12.2. The van der Waals surface area contributed by atoms with E-state index < -0.39 is 0 Å². The number of carbonyl (C=O) groups excluding carboxylic acids is 1. The van der Waals surface area contributed by atoms with Crippen LogP contribution in [0, 0.1) is 0 Å². The van der Waals surface area contributed by atoms with Crippen molar-refractivity contribution in [2.75, 3.05) is 32.1 Å². The Morgan fingerprint density at radius 1 is 1.25 bits per heavy atom. The number of aromatic nitrogens is 2. The molecule has 0 atom stereocenters. The molecule has 1 aliphatic heterocycles. The minimum Gasteiger partial charge on any atom is -0.497 e. The Kier molecular flexibility index (Phi) is 5.25. The van der Waals surface area contributed by atoms with E-state index >= 15 is 0 Å². The van der Waals surface area contributed by atoms with Gasteiger partial charge in [0.25, 0.3) is 5.91 Å². The third-order valence-electron chi connectivity index (χ3n) is 4.12. The Hall–Kier alpha value is -2.63. The second-order valence-corrected chi connectivity index (χ2v) is 5.82. The number of nitrogens with one attached hydrogen (secondary N) is 1. The molecule has 1 fully saturated rings. The number of nitrogens with zero attached hydrogens (tertiary/aromatic N) is 3. The predicted octanol–water partition coefficient (Wildman–Crippen LogP) is 2.38. The molecular formula is C18H22N4O2. The summed E-state index contributed by atoms with van der Waals surface area (Å²) in [5, 5.41) is 3.18. The molecule has 1 amide bonds. The molecule has 126 valence electrons. The summed E-state index contributed by atoms with van der Waals surface area (Å²) in [6.45, 7) is 2.38. The van der Waals surface area contributed by atoms with Gasteiger partial charge in [0.05, 0.1) is 12.7 Å². The Morgan fingerprint density at radius 3 is 2.71 bits per heavy atom. The van der Waals surface area contributed by atoms with Gasteiger partial charge in [-0.1, -0.05) is 12.1 Å². The van der Waals surface area contributed by atoms with Crippen molar-refractivity contribution >= 4 is 11.9 Å². The largest absolute Gasteiger partial charge is 0.497 e. The quantitative estimate of drug-likeness (QED) is 0.883. The zero-order valence-electron chi connectivity index (χ0n) is 13.9. The molecule has 0 saturated carbocycles. The van der Waals surface area contributed by atoms with Crippen LogP contribution in [0.2, 0.25) is 0 Å². The minimum absolute atomic E-state index is 0.0235. The van der Waals surface area contributed by atoms with Gasteiger partial charge in [0.1, 0.15) is 5.75 Å². The van der Waals surface area contributed by atoms with Gasteiger partial charge in [-0.05, 0) is 37.0 Å². The average Bonchev–Trinajstić information content (AvgIpc) is 3.16. The van der Waals surface area contributed by atoms with E-state index in [-0.39, 0.29) is 5.91 Å². The first-order valence-electron chi connectivity index (χ1n) is 8.24. The molecule has 0 spiro atoms. The molecule has 0 radical (unpaired) electrons. The minimum atomic E-state index is 0.0235. The van der Waals surface area contributed by atoms with Crippen LogP contribution in [-0.4, -0.2) is 47.5 Å². The fraction of sp³-hybridized carbons (Fsp3) is 0.389. The lowest BCUT2D eigenvalue weighted by Gasteiger charge is -2.14. The number of methoxy groups -OCH3 is 1. The van der Waals surface area contributed by atoms with Gasteiger partial charge in [-0.3, -0.25) is 4.79 Å². The van der Waals surface area contributed by atoms with Crippen LogP contribution in [0.25, 0.3) is 0 Å². The van der Waals surface area contributed by atoms with E-state index in [4.69, 9.17) is 4.74 Å². The predicted molar refractivity (Wildman–Crippen MR) is 92.4 cm³/mol. The highest BCUT2D eigenvalue weighted by atomic mass is 16.5. The van der Waals surface area contributed by atoms with Gasteiger partial charge >= 0.3 is 0 Å². The van der Waals surface area contributed by atoms with Crippen molar-refractivity contribution in [1.29, 1.82) is 0 Å². The monoisotopic (exact) mass is 326 g/mol. The third kappa shape index (κ3) is 4.01. The van der Waals surface area contributed by atoms with Crippen LogP contribution in [-0.2, 0) is 6.42 Å². The van der Waals surface area contributed by atoms with Crippen LogP contribution in [0.3, 0.4) is 0 Å². The Balaban J connectivity index is 1.51. The van der Waals surface area contributed by atoms with Gasteiger partial charge in [0.15, 0.2) is 0 Å². The second kappa shape index (κ2) is 7.77. The highest BCUT2D eigenvalue weighted by Gasteiger charge is 2.19. The first-order chi connectivity index (χ1) is 11.8. The zero-order chi connectivity index (χ0) is 16.8. The van der Waals surface area contributed by atoms with E-state index in [9.17, 15) is 4.79 Å². The Bertz CT molecular complexity index is 682. The normalized spacial score (nSPS) is 13.8. The molecule has 2 heterocycles. The molecule has 1 aromatic carbocycles. The SMILES string of the molecule is COc1cccc(CCNc2ncc(C(=O)N3CCCC3)cn2)c1. The standard InChI is InChI=1S/C18H22N4O2/c1-24-16-6-4-5-14(11-16)7-8-19-18-20-12-15(13-21-18)17(23)22-9-2-3-10-22/h4-6,11-13H,2-3,7-10H2,1H3,(H,19,20,21). The number of carbonyl (C=O) groups is 1. The number of anilines is 1. The molecule has 6 heteroatoms. The van der Waals surface area contributed by atoms with Crippen LogP contribution in [0.4, 0.5) is 5.95 Å². The molecule has 1 saturated heterocycles. The van der Waals surface area contributed by atoms with Gasteiger partial charge in [-0.15, -0.1) is 0 Å². The Morgan fingerprint density at radius 2 is 2.00 bits per heavy atom. The van der Waals surface area contributed by atoms with Gasteiger partial charge in [0.2, 0.25) is 5.95 Å². The van der Waals surface area contributed by atoms with Gasteiger partial charge in [-0.25, -0.2) is 9.97 Å². The van der Waals surface area contributed by atoms with E-state index in [2.05, 4.69) is 21.4 Å². The van der Waals surface area contributed by atoms with Crippen molar-refractivity contribution in [3.8, 4) is 5.75 Å². The summed E-state index contributed by atoms with van der Waals surface area (Å²) < 4.78 is 5.22. The number of hydrogen-bond acceptors (Lipinski definition) is 5. The first kappa shape index (κ1) is 16.2. The topological polar surface area (TPSA) is 67.3 Å². The maximum Gasteiger partial charge on any atom is 0.256 e. The number of ether oxygens (including phenoxy) is 1. The summed E-state index contributed by atoms with van der Waals surface area (Å²) in [4.78, 5) is 22.6. The second-order valence-electron chi connectivity index (χ2n) is 5.82. The fourth-order valence-electron chi connectivity index (χ4n) is 2.78. The maximum atomic E-state index is 12.2. The van der Waals surface area contributed by atoms with Crippen molar-refractivity contribution in [2.24, 2.45) is 0 Å². The molecule has 0 aliphatic carbocycles. The molecule has 2 aromatic rings. The van der Waals surface area contributed by atoms with Crippen LogP contribution >= 0.6 is 0 Å². The van der Waals surface area contributed by atoms with Crippen molar-refractivity contribution in [3.05, 3.63) is 47.8 Å². The lowest BCUT2D eigenvalue weighted by atomic mass is 10.1. The molecule has 6 nitrogen and oxygen atoms in total. The zero-order valence-corrected chi connectivity index (χ0v) is 13.9. The van der Waals surface area contributed by atoms with Gasteiger partial charge < -0.3 is 15.0 Å². The summed E-state index contributed by atoms with van der Waals surface area (Å²) in [6, 6.07) is 7.97. The van der Waals surface area contributed by atoms with Crippen LogP contribution < -0.4 is 10.1 Å². The lowest BCUT2D eigenvalue weighted by Crippen LogP contribution is -2.27. The first-order valence-corrected chi connectivity index (χ1v) is 8.24. The molecule has 24 heavy (non-hydrogen) atoms. The summed E-state index contributed by atoms with van der Waals surface area (Å²) in [7, 11) is 1.66. The van der Waals surface area contributed by atoms with E-state index in [1.807, 2.05) is 23.1 Å². The van der Waals surface area contributed by atoms with Crippen LogP contribution in [0.1, 0.15) is 28.8 Å². The third-order valence-corrected chi connectivity index (χ3v) is 4.12. The molecule has 3 rings (SSSR count). The van der Waals surface area contributed by atoms with E-state index in [1.54, 1.807) is 19.5 Å². The highest BCUT2D eigenvalue weighted by Crippen LogP contribution is 2.14. The molecular weight excluding hydrogens is 304 g/mol. The number of hydrogen-bond donors (Lipinski definition) is 1.